The van der Waals surface area contributed by atoms with Gasteiger partial charge in [-0.2, -0.15) is 0 Å². The third-order valence-electron chi connectivity index (χ3n) is 16.8. The third kappa shape index (κ3) is 66.7. The first-order valence-corrected chi connectivity index (χ1v) is 40.7. The number of unbranched alkanes of at least 4 members (excludes halogenated alkanes) is 36. The van der Waals surface area contributed by atoms with Gasteiger partial charge >= 0.3 is 39.5 Å². The third-order valence-corrected chi connectivity index (χ3v) is 18.7. The van der Waals surface area contributed by atoms with Crippen LogP contribution in [-0.2, 0) is 65.4 Å². The summed E-state index contributed by atoms with van der Waals surface area (Å²) in [5.74, 6) is 0.857. The Morgan fingerprint density at radius 2 is 0.457 bits per heavy atom. The molecular weight excluding hydrogens is 1210 g/mol. The van der Waals surface area contributed by atoms with E-state index in [1.54, 1.807) is 0 Å². The van der Waals surface area contributed by atoms with Crippen LogP contribution in [0.4, 0.5) is 0 Å². The number of carbonyl (C=O) groups excluding carboxylic acids is 4. The fraction of sp³-hybridized carbons (Fsp3) is 0.945. The van der Waals surface area contributed by atoms with E-state index in [2.05, 4.69) is 55.4 Å². The summed E-state index contributed by atoms with van der Waals surface area (Å²) in [6.07, 6.45) is 46.0. The van der Waals surface area contributed by atoms with E-state index in [9.17, 15) is 43.2 Å². The van der Waals surface area contributed by atoms with Crippen molar-refractivity contribution >= 4 is 39.5 Å². The molecule has 0 amide bonds. The summed E-state index contributed by atoms with van der Waals surface area (Å²) in [7, 11) is -9.91. The van der Waals surface area contributed by atoms with Crippen LogP contribution in [0.5, 0.6) is 0 Å². The smallest absolute Gasteiger partial charge is 0.462 e. The summed E-state index contributed by atoms with van der Waals surface area (Å²) in [4.78, 5) is 72.6. The van der Waals surface area contributed by atoms with E-state index >= 15 is 0 Å². The van der Waals surface area contributed by atoms with Crippen molar-refractivity contribution in [3.63, 3.8) is 0 Å². The SMILES string of the molecule is CC(C)CCCCCCCCCCCCCCCCCC(=O)OC[C@H](COP(=O)(O)OCC(O)COP(=O)(O)OC[C@@H](COC(=O)CCCCCCCCCC(C)C)OC(=O)CCCCCCCCCCCC(C)C)OC(=O)CCCCCCCCCCCC(C)C. The number of aliphatic hydroxyl groups excluding tert-OH is 1. The zero-order valence-electron chi connectivity index (χ0n) is 60.2. The van der Waals surface area contributed by atoms with Crippen molar-refractivity contribution in [1.82, 2.24) is 0 Å². The van der Waals surface area contributed by atoms with E-state index in [1.165, 1.54) is 161 Å². The summed E-state index contributed by atoms with van der Waals surface area (Å²) in [6, 6.07) is 0. The van der Waals surface area contributed by atoms with E-state index in [-0.39, 0.29) is 25.7 Å². The Kier molecular flexibility index (Phi) is 61.3. The van der Waals surface area contributed by atoms with Crippen LogP contribution in [0.2, 0.25) is 0 Å². The molecule has 3 N–H and O–H groups in total. The van der Waals surface area contributed by atoms with Crippen LogP contribution in [0.1, 0.15) is 364 Å². The Labute approximate surface area is 562 Å². The molecule has 0 aliphatic carbocycles. The first-order valence-electron chi connectivity index (χ1n) is 37.7. The topological polar surface area (TPSA) is 237 Å². The minimum atomic E-state index is -4.95. The molecule has 0 heterocycles. The zero-order chi connectivity index (χ0) is 68.2. The lowest BCUT2D eigenvalue weighted by atomic mass is 10.0. The Bertz CT molecular complexity index is 1820. The Hall–Kier alpha value is -1.94. The van der Waals surface area contributed by atoms with Crippen LogP contribution < -0.4 is 0 Å². The molecule has 0 bridgehead atoms. The highest BCUT2D eigenvalue weighted by atomic mass is 31.2. The molecule has 0 aromatic carbocycles. The van der Waals surface area contributed by atoms with Gasteiger partial charge in [0.2, 0.25) is 0 Å². The first kappa shape index (κ1) is 90.1. The molecule has 0 radical (unpaired) electrons. The van der Waals surface area contributed by atoms with Crippen molar-refractivity contribution in [3.8, 4) is 0 Å². The number of phosphoric acid groups is 2. The van der Waals surface area contributed by atoms with Gasteiger partial charge in [-0.3, -0.25) is 37.3 Å². The van der Waals surface area contributed by atoms with Crippen molar-refractivity contribution in [1.29, 1.82) is 0 Å². The van der Waals surface area contributed by atoms with Gasteiger partial charge in [-0.25, -0.2) is 9.13 Å². The van der Waals surface area contributed by atoms with Crippen molar-refractivity contribution in [2.75, 3.05) is 39.6 Å². The van der Waals surface area contributed by atoms with E-state index in [1.807, 2.05) is 0 Å². The predicted octanol–water partition coefficient (Wildman–Crippen LogP) is 20.9. The Balaban J connectivity index is 5.22. The summed E-state index contributed by atoms with van der Waals surface area (Å²) in [5, 5.41) is 10.6. The number of ether oxygens (including phenoxy) is 4. The molecule has 0 aromatic heterocycles. The first-order chi connectivity index (χ1) is 44.1. The molecular formula is C73H142O17P2. The monoisotopic (exact) mass is 1350 g/mol. The maximum atomic E-state index is 13.0. The molecule has 0 aliphatic heterocycles. The van der Waals surface area contributed by atoms with Crippen molar-refractivity contribution in [3.05, 3.63) is 0 Å². The highest BCUT2D eigenvalue weighted by molar-refractivity contribution is 7.47. The van der Waals surface area contributed by atoms with Gasteiger partial charge in [0.1, 0.15) is 19.3 Å². The van der Waals surface area contributed by atoms with Gasteiger partial charge in [-0.05, 0) is 49.4 Å². The van der Waals surface area contributed by atoms with Gasteiger partial charge in [0, 0.05) is 25.7 Å². The lowest BCUT2D eigenvalue weighted by Gasteiger charge is -2.21. The number of hydrogen-bond acceptors (Lipinski definition) is 15. The van der Waals surface area contributed by atoms with E-state index in [0.29, 0.717) is 31.6 Å². The fourth-order valence-electron chi connectivity index (χ4n) is 11.0. The fourth-order valence-corrected chi connectivity index (χ4v) is 12.6. The second-order valence-corrected chi connectivity index (χ2v) is 31.1. The van der Waals surface area contributed by atoms with Gasteiger partial charge in [0.05, 0.1) is 26.4 Å². The highest BCUT2D eigenvalue weighted by Gasteiger charge is 2.30. The van der Waals surface area contributed by atoms with Crippen LogP contribution >= 0.6 is 15.6 Å². The quantitative estimate of drug-likeness (QED) is 0.0222. The summed E-state index contributed by atoms with van der Waals surface area (Å²) < 4.78 is 68.4. The zero-order valence-corrected chi connectivity index (χ0v) is 62.0. The number of rotatable bonds is 70. The molecule has 92 heavy (non-hydrogen) atoms. The van der Waals surface area contributed by atoms with Crippen molar-refractivity contribution in [2.24, 2.45) is 23.7 Å². The molecule has 3 unspecified atom stereocenters. The molecule has 546 valence electrons. The van der Waals surface area contributed by atoms with Crippen molar-refractivity contribution in [2.45, 2.75) is 382 Å². The lowest BCUT2D eigenvalue weighted by molar-refractivity contribution is -0.161. The minimum Gasteiger partial charge on any atom is -0.462 e. The van der Waals surface area contributed by atoms with Crippen LogP contribution in [0, 0.1) is 23.7 Å². The average molecular weight is 1350 g/mol. The van der Waals surface area contributed by atoms with E-state index in [4.69, 9.17) is 37.0 Å². The molecule has 0 aromatic rings. The molecule has 5 atom stereocenters. The number of hydrogen-bond donors (Lipinski definition) is 3. The number of aliphatic hydroxyl groups is 1. The van der Waals surface area contributed by atoms with Crippen LogP contribution in [0.25, 0.3) is 0 Å². The van der Waals surface area contributed by atoms with Crippen LogP contribution in [0.3, 0.4) is 0 Å². The number of phosphoric ester groups is 2. The van der Waals surface area contributed by atoms with Crippen LogP contribution in [-0.4, -0.2) is 96.7 Å². The standard InChI is InChI=1S/C73H142O17P2/c1-63(2)49-41-33-25-18-14-12-10-9-11-13-15-21-29-37-45-53-70(75)83-59-68(89-72(77)55-47-39-30-22-16-19-26-34-42-50-64(3)4)61-87-91(79,80)85-57-67(74)58-86-92(81,82)88-62-69(60-84-71(76)54-46-38-32-24-28-36-44-52-66(7)8)90-73(78)56-48-40-31-23-17-20-27-35-43-51-65(5)6/h63-69,74H,9-62H2,1-8H3,(H,79,80)(H,81,82)/t67?,68-,69-/m1/s1. The molecule has 0 saturated heterocycles. The van der Waals surface area contributed by atoms with E-state index < -0.39 is 97.5 Å². The largest absolute Gasteiger partial charge is 0.472 e. The van der Waals surface area contributed by atoms with Gasteiger partial charge in [-0.1, -0.05) is 312 Å². The Morgan fingerprint density at radius 3 is 0.674 bits per heavy atom. The average Bonchev–Trinajstić information content (AvgIpc) is 1.64. The number of esters is 4. The highest BCUT2D eigenvalue weighted by Crippen LogP contribution is 2.45. The maximum Gasteiger partial charge on any atom is 0.472 e. The van der Waals surface area contributed by atoms with Crippen molar-refractivity contribution < 1.29 is 80.2 Å². The molecule has 0 fully saturated rings. The second-order valence-electron chi connectivity index (χ2n) is 28.2. The van der Waals surface area contributed by atoms with Gasteiger partial charge in [-0.15, -0.1) is 0 Å². The molecule has 0 spiro atoms. The minimum absolute atomic E-state index is 0.104. The maximum absolute atomic E-state index is 13.0. The molecule has 19 heteroatoms. The molecule has 0 rings (SSSR count). The van der Waals surface area contributed by atoms with Crippen LogP contribution in [0.15, 0.2) is 0 Å². The van der Waals surface area contributed by atoms with Gasteiger partial charge < -0.3 is 33.8 Å². The molecule has 0 aliphatic rings. The summed E-state index contributed by atoms with van der Waals surface area (Å²) in [6.45, 7) is 14.1. The summed E-state index contributed by atoms with van der Waals surface area (Å²) in [5.41, 5.74) is 0. The van der Waals surface area contributed by atoms with E-state index in [0.717, 1.165) is 114 Å². The second kappa shape index (κ2) is 62.6. The normalized spacial score (nSPS) is 14.2. The Morgan fingerprint density at radius 1 is 0.272 bits per heavy atom. The molecule has 17 nitrogen and oxygen atoms in total. The summed E-state index contributed by atoms with van der Waals surface area (Å²) >= 11 is 0. The molecule has 0 saturated carbocycles. The number of carbonyl (C=O) groups is 4. The predicted molar refractivity (Wildman–Crippen MR) is 372 cm³/mol. The van der Waals surface area contributed by atoms with Gasteiger partial charge in [0.15, 0.2) is 12.2 Å². The lowest BCUT2D eigenvalue weighted by Crippen LogP contribution is -2.30. The van der Waals surface area contributed by atoms with Gasteiger partial charge in [0.25, 0.3) is 0 Å².